The normalized spacial score (nSPS) is 41.3. The molecular formula is C19H24O4. The van der Waals surface area contributed by atoms with E-state index in [0.29, 0.717) is 30.8 Å². The molecule has 0 aromatic heterocycles. The van der Waals surface area contributed by atoms with Gasteiger partial charge in [0.05, 0.1) is 18.6 Å². The zero-order valence-corrected chi connectivity index (χ0v) is 13.6. The van der Waals surface area contributed by atoms with Crippen LogP contribution in [0.25, 0.3) is 0 Å². The summed E-state index contributed by atoms with van der Waals surface area (Å²) in [6.07, 6.45) is 4.17. The molecule has 4 aliphatic rings. The molecule has 4 heteroatoms. The van der Waals surface area contributed by atoms with Gasteiger partial charge in [-0.2, -0.15) is 0 Å². The van der Waals surface area contributed by atoms with Crippen molar-refractivity contribution in [2.45, 2.75) is 44.3 Å². The predicted octanol–water partition coefficient (Wildman–Crippen LogP) is 3.00. The van der Waals surface area contributed by atoms with Gasteiger partial charge in [0.15, 0.2) is 11.5 Å². The van der Waals surface area contributed by atoms with Gasteiger partial charge in [0.1, 0.15) is 0 Å². The van der Waals surface area contributed by atoms with Crippen LogP contribution in [-0.4, -0.2) is 31.2 Å². The minimum atomic E-state index is -0.272. The van der Waals surface area contributed by atoms with Crippen molar-refractivity contribution in [2.24, 2.45) is 17.8 Å². The lowest BCUT2D eigenvalue weighted by atomic mass is 9.50. The number of phenols is 1. The van der Waals surface area contributed by atoms with Crippen molar-refractivity contribution in [3.8, 4) is 11.5 Å². The van der Waals surface area contributed by atoms with Gasteiger partial charge in [-0.1, -0.05) is 13.0 Å². The van der Waals surface area contributed by atoms with Crippen molar-refractivity contribution in [1.29, 1.82) is 0 Å². The maximum atomic E-state index is 10.3. The molecule has 2 heterocycles. The Morgan fingerprint density at radius 3 is 3.00 bits per heavy atom. The van der Waals surface area contributed by atoms with E-state index in [1.807, 2.05) is 0 Å². The van der Waals surface area contributed by atoms with E-state index in [1.54, 1.807) is 6.07 Å². The van der Waals surface area contributed by atoms with Crippen LogP contribution in [0, 0.1) is 17.8 Å². The fraction of sp³-hybridized carbons (Fsp3) is 0.684. The second kappa shape index (κ2) is 4.87. The summed E-state index contributed by atoms with van der Waals surface area (Å²) in [6.45, 7) is 4.37. The van der Waals surface area contributed by atoms with Gasteiger partial charge in [-0.05, 0) is 55.1 Å². The van der Waals surface area contributed by atoms with Crippen LogP contribution in [0.5, 0.6) is 11.5 Å². The predicted molar refractivity (Wildman–Crippen MR) is 84.7 cm³/mol. The molecule has 1 aromatic carbocycles. The van der Waals surface area contributed by atoms with Gasteiger partial charge in [-0.25, -0.2) is 0 Å². The minimum absolute atomic E-state index is 0.0907. The van der Waals surface area contributed by atoms with E-state index >= 15 is 0 Å². The molecule has 124 valence electrons. The fourth-order valence-electron chi connectivity index (χ4n) is 5.77. The Hall–Kier alpha value is -1.26. The van der Waals surface area contributed by atoms with Gasteiger partial charge in [0.25, 0.3) is 0 Å². The van der Waals surface area contributed by atoms with Gasteiger partial charge in [-0.3, -0.25) is 0 Å². The summed E-state index contributed by atoms with van der Waals surface area (Å²) in [5, 5.41) is 10.3. The maximum absolute atomic E-state index is 10.3. The maximum Gasteiger partial charge on any atom is 0.210 e. The molecule has 1 N–H and O–H groups in total. The molecule has 4 nitrogen and oxygen atoms in total. The summed E-state index contributed by atoms with van der Waals surface area (Å²) in [4.78, 5) is 0. The van der Waals surface area contributed by atoms with Gasteiger partial charge >= 0.3 is 0 Å². The Bertz CT molecular complexity index is 643. The van der Waals surface area contributed by atoms with Crippen LogP contribution in [0.4, 0.5) is 0 Å². The quantitative estimate of drug-likeness (QED) is 0.799. The lowest BCUT2D eigenvalue weighted by Gasteiger charge is -2.53. The number of hydrogen-bond donors (Lipinski definition) is 1. The third kappa shape index (κ3) is 1.74. The Balaban J connectivity index is 1.74. The van der Waals surface area contributed by atoms with E-state index in [1.165, 1.54) is 17.5 Å². The monoisotopic (exact) mass is 316 g/mol. The molecule has 5 rings (SSSR count). The lowest BCUT2D eigenvalue weighted by Crippen LogP contribution is -2.55. The van der Waals surface area contributed by atoms with Crippen molar-refractivity contribution < 1.29 is 19.3 Å². The zero-order valence-electron chi connectivity index (χ0n) is 13.6. The van der Waals surface area contributed by atoms with Crippen LogP contribution in [-0.2, 0) is 21.3 Å². The van der Waals surface area contributed by atoms with Gasteiger partial charge < -0.3 is 19.3 Å². The molecule has 0 radical (unpaired) electrons. The third-order valence-electron chi connectivity index (χ3n) is 6.78. The van der Waals surface area contributed by atoms with E-state index in [-0.39, 0.29) is 17.5 Å². The highest BCUT2D eigenvalue weighted by Gasteiger charge is 2.62. The lowest BCUT2D eigenvalue weighted by molar-refractivity contribution is -0.149. The van der Waals surface area contributed by atoms with E-state index in [9.17, 15) is 5.11 Å². The molecule has 2 aliphatic carbocycles. The first-order valence-corrected chi connectivity index (χ1v) is 8.93. The highest BCUT2D eigenvalue weighted by Crippen LogP contribution is 2.64. The highest BCUT2D eigenvalue weighted by molar-refractivity contribution is 5.59. The Morgan fingerprint density at radius 1 is 1.17 bits per heavy atom. The zero-order chi connectivity index (χ0) is 15.6. The average Bonchev–Trinajstić information content (AvgIpc) is 2.90. The van der Waals surface area contributed by atoms with Crippen molar-refractivity contribution >= 4 is 0 Å². The second-order valence-corrected chi connectivity index (χ2v) is 7.70. The number of hydrogen-bond acceptors (Lipinski definition) is 4. The molecule has 1 aromatic rings. The van der Waals surface area contributed by atoms with Crippen molar-refractivity contribution in [2.75, 3.05) is 19.8 Å². The smallest absolute Gasteiger partial charge is 0.210 e. The molecule has 5 atom stereocenters. The van der Waals surface area contributed by atoms with Crippen LogP contribution >= 0.6 is 0 Å². The molecule has 23 heavy (non-hydrogen) atoms. The number of ether oxygens (including phenoxy) is 3. The van der Waals surface area contributed by atoms with Crippen molar-refractivity contribution in [3.05, 3.63) is 23.3 Å². The molecule has 1 spiro atoms. The summed E-state index contributed by atoms with van der Waals surface area (Å²) in [5.41, 5.74) is 2.52. The molecule has 0 amide bonds. The number of rotatable bonds is 0. The van der Waals surface area contributed by atoms with Crippen LogP contribution in [0.1, 0.15) is 37.3 Å². The Morgan fingerprint density at radius 2 is 2.09 bits per heavy atom. The SMILES string of the molecule is CC1CC[C@]23c4c5ccc(O)c4O[C@H]2OCCOCC[C@H]3[C@H]1C5. The first kappa shape index (κ1) is 14.1. The van der Waals surface area contributed by atoms with Crippen LogP contribution in [0.2, 0.25) is 0 Å². The van der Waals surface area contributed by atoms with Gasteiger partial charge in [0, 0.05) is 12.2 Å². The van der Waals surface area contributed by atoms with Crippen molar-refractivity contribution in [1.82, 2.24) is 0 Å². The number of phenolic OH excluding ortho intramolecular Hbond substituents is 1. The summed E-state index contributed by atoms with van der Waals surface area (Å²) in [7, 11) is 0. The molecular weight excluding hydrogens is 292 g/mol. The minimum Gasteiger partial charge on any atom is -0.504 e. The molecule has 1 unspecified atom stereocenters. The summed E-state index contributed by atoms with van der Waals surface area (Å²) in [6, 6.07) is 3.89. The standard InChI is InChI=1S/C19H24O4/c1-11-4-6-19-14-5-7-21-8-9-22-18(19)23-17-15(20)3-2-12(16(17)19)10-13(11)14/h2-3,11,13-14,18,20H,4-10H2,1H3/t11?,13-,14-,18+,19-/m0/s1. The number of benzene rings is 1. The molecule has 2 aliphatic heterocycles. The topological polar surface area (TPSA) is 47.9 Å². The second-order valence-electron chi connectivity index (χ2n) is 7.70. The van der Waals surface area contributed by atoms with E-state index in [4.69, 9.17) is 14.2 Å². The average molecular weight is 316 g/mol. The summed E-state index contributed by atoms with van der Waals surface area (Å²) >= 11 is 0. The number of aromatic hydroxyl groups is 1. The van der Waals surface area contributed by atoms with Crippen LogP contribution in [0.3, 0.4) is 0 Å². The molecule has 1 saturated heterocycles. The van der Waals surface area contributed by atoms with Crippen LogP contribution < -0.4 is 4.74 Å². The molecule has 2 bridgehead atoms. The first-order chi connectivity index (χ1) is 11.2. The Labute approximate surface area is 136 Å². The Kier molecular flexibility index (Phi) is 2.99. The summed E-state index contributed by atoms with van der Waals surface area (Å²) in [5.74, 6) is 2.84. The largest absolute Gasteiger partial charge is 0.504 e. The first-order valence-electron chi connectivity index (χ1n) is 8.93. The molecule has 2 fully saturated rings. The van der Waals surface area contributed by atoms with E-state index < -0.39 is 0 Å². The van der Waals surface area contributed by atoms with E-state index in [2.05, 4.69) is 13.0 Å². The van der Waals surface area contributed by atoms with Gasteiger partial charge in [0.2, 0.25) is 6.29 Å². The fourth-order valence-corrected chi connectivity index (χ4v) is 5.77. The van der Waals surface area contributed by atoms with Gasteiger partial charge in [-0.15, -0.1) is 0 Å². The summed E-state index contributed by atoms with van der Waals surface area (Å²) < 4.78 is 18.1. The highest BCUT2D eigenvalue weighted by atomic mass is 16.7. The van der Waals surface area contributed by atoms with E-state index in [0.717, 1.165) is 31.8 Å². The van der Waals surface area contributed by atoms with Crippen LogP contribution in [0.15, 0.2) is 12.1 Å². The molecule has 1 saturated carbocycles. The van der Waals surface area contributed by atoms with Crippen molar-refractivity contribution in [3.63, 3.8) is 0 Å². The third-order valence-corrected chi connectivity index (χ3v) is 6.78.